The predicted octanol–water partition coefficient (Wildman–Crippen LogP) is 5.30. The van der Waals surface area contributed by atoms with E-state index in [1.165, 1.54) is 0 Å². The van der Waals surface area contributed by atoms with E-state index in [-0.39, 0.29) is 17.5 Å². The number of halogens is 1. The standard InChI is InChI=1S/C24H28ClN3O2/c1-6-22(29)27(14-15(2)3)17(5)23-26-20-10-8-7-9-19(20)24(30)28(23)21-12-11-18(25)13-16(21)4/h7-13,15,17H,6,14H2,1-5H3. The second-order valence-corrected chi connectivity index (χ2v) is 8.46. The summed E-state index contributed by atoms with van der Waals surface area (Å²) in [5.74, 6) is 0.880. The highest BCUT2D eigenvalue weighted by Crippen LogP contribution is 2.26. The van der Waals surface area contributed by atoms with E-state index >= 15 is 0 Å². The number of carbonyl (C=O) groups is 1. The van der Waals surface area contributed by atoms with Crippen molar-refractivity contribution in [2.24, 2.45) is 5.92 Å². The van der Waals surface area contributed by atoms with Crippen LogP contribution in [0.3, 0.4) is 0 Å². The van der Waals surface area contributed by atoms with Crippen LogP contribution in [0, 0.1) is 12.8 Å². The van der Waals surface area contributed by atoms with Crippen LogP contribution in [0.4, 0.5) is 0 Å². The SMILES string of the molecule is CCC(=O)N(CC(C)C)C(C)c1nc2ccccc2c(=O)n1-c1ccc(Cl)cc1C. The largest absolute Gasteiger partial charge is 0.333 e. The Morgan fingerprint density at radius 2 is 1.87 bits per heavy atom. The molecule has 0 N–H and O–H groups in total. The number of amides is 1. The van der Waals surface area contributed by atoms with Gasteiger partial charge in [-0.1, -0.05) is 44.5 Å². The molecule has 0 fully saturated rings. The van der Waals surface area contributed by atoms with Gasteiger partial charge in [-0.2, -0.15) is 0 Å². The molecule has 3 aromatic rings. The van der Waals surface area contributed by atoms with Crippen molar-refractivity contribution in [2.45, 2.75) is 47.1 Å². The lowest BCUT2D eigenvalue weighted by molar-refractivity contribution is -0.133. The number of carbonyl (C=O) groups excluding carboxylic acids is 1. The first-order valence-corrected chi connectivity index (χ1v) is 10.7. The first-order valence-electron chi connectivity index (χ1n) is 10.3. The number of hydrogen-bond acceptors (Lipinski definition) is 3. The molecule has 1 aromatic heterocycles. The predicted molar refractivity (Wildman–Crippen MR) is 122 cm³/mol. The lowest BCUT2D eigenvalue weighted by Gasteiger charge is -2.32. The zero-order valence-corrected chi connectivity index (χ0v) is 18.9. The van der Waals surface area contributed by atoms with Gasteiger partial charge in [-0.15, -0.1) is 0 Å². The molecule has 1 atom stereocenters. The minimum atomic E-state index is -0.368. The van der Waals surface area contributed by atoms with Gasteiger partial charge >= 0.3 is 0 Å². The zero-order chi connectivity index (χ0) is 22.0. The van der Waals surface area contributed by atoms with Gasteiger partial charge in [0, 0.05) is 18.0 Å². The molecule has 1 heterocycles. The number of hydrogen-bond donors (Lipinski definition) is 0. The number of para-hydroxylation sites is 1. The Bertz CT molecular complexity index is 1140. The number of benzene rings is 2. The number of rotatable bonds is 6. The molecular formula is C24H28ClN3O2. The molecule has 0 spiro atoms. The number of nitrogens with zero attached hydrogens (tertiary/aromatic N) is 3. The normalized spacial score (nSPS) is 12.4. The molecular weight excluding hydrogens is 398 g/mol. The molecule has 0 aliphatic carbocycles. The van der Waals surface area contributed by atoms with Crippen LogP contribution in [0.1, 0.15) is 51.5 Å². The second-order valence-electron chi connectivity index (χ2n) is 8.03. The molecule has 1 unspecified atom stereocenters. The minimum absolute atomic E-state index is 0.0398. The average Bonchev–Trinajstić information content (AvgIpc) is 2.71. The Morgan fingerprint density at radius 3 is 2.50 bits per heavy atom. The molecule has 5 nitrogen and oxygen atoms in total. The quantitative estimate of drug-likeness (QED) is 0.538. The van der Waals surface area contributed by atoms with E-state index in [9.17, 15) is 9.59 Å². The van der Waals surface area contributed by atoms with Crippen LogP contribution in [0.25, 0.3) is 16.6 Å². The first kappa shape index (κ1) is 22.0. The fourth-order valence-corrected chi connectivity index (χ4v) is 3.97. The van der Waals surface area contributed by atoms with Crippen LogP contribution < -0.4 is 5.56 Å². The van der Waals surface area contributed by atoms with Crippen molar-refractivity contribution in [3.63, 3.8) is 0 Å². The van der Waals surface area contributed by atoms with Crippen molar-refractivity contribution < 1.29 is 4.79 Å². The minimum Gasteiger partial charge on any atom is -0.333 e. The van der Waals surface area contributed by atoms with E-state index in [1.807, 2.05) is 56.0 Å². The van der Waals surface area contributed by atoms with Gasteiger partial charge in [0.15, 0.2) is 0 Å². The molecule has 0 saturated carbocycles. The maximum absolute atomic E-state index is 13.6. The molecule has 2 aromatic carbocycles. The van der Waals surface area contributed by atoms with Crippen LogP contribution >= 0.6 is 11.6 Å². The highest BCUT2D eigenvalue weighted by molar-refractivity contribution is 6.30. The van der Waals surface area contributed by atoms with Gasteiger partial charge in [0.2, 0.25) is 5.91 Å². The van der Waals surface area contributed by atoms with Gasteiger partial charge in [-0.3, -0.25) is 14.2 Å². The summed E-state index contributed by atoms with van der Waals surface area (Å²) in [6.45, 7) is 10.5. The summed E-state index contributed by atoms with van der Waals surface area (Å²) in [6, 6.07) is 12.4. The summed E-state index contributed by atoms with van der Waals surface area (Å²) in [7, 11) is 0. The van der Waals surface area contributed by atoms with Gasteiger partial charge in [0.25, 0.3) is 5.56 Å². The third-order valence-electron chi connectivity index (χ3n) is 5.23. The van der Waals surface area contributed by atoms with Gasteiger partial charge < -0.3 is 4.90 Å². The highest BCUT2D eigenvalue weighted by Gasteiger charge is 2.27. The van der Waals surface area contributed by atoms with Gasteiger partial charge in [-0.25, -0.2) is 4.98 Å². The summed E-state index contributed by atoms with van der Waals surface area (Å²) in [4.78, 5) is 33.0. The molecule has 3 rings (SSSR count). The highest BCUT2D eigenvalue weighted by atomic mass is 35.5. The van der Waals surface area contributed by atoms with Crippen molar-refractivity contribution >= 4 is 28.4 Å². The Kier molecular flexibility index (Phi) is 6.61. The van der Waals surface area contributed by atoms with Crippen LogP contribution in [0.5, 0.6) is 0 Å². The monoisotopic (exact) mass is 425 g/mol. The van der Waals surface area contributed by atoms with Crippen molar-refractivity contribution in [1.29, 1.82) is 0 Å². The Morgan fingerprint density at radius 1 is 1.17 bits per heavy atom. The summed E-state index contributed by atoms with van der Waals surface area (Å²) >= 11 is 6.15. The fraction of sp³-hybridized carbons (Fsp3) is 0.375. The first-order chi connectivity index (χ1) is 14.2. The molecule has 0 saturated heterocycles. The van der Waals surface area contributed by atoms with Crippen LogP contribution in [0.2, 0.25) is 5.02 Å². The van der Waals surface area contributed by atoms with E-state index in [1.54, 1.807) is 16.7 Å². The molecule has 0 bridgehead atoms. The number of fused-ring (bicyclic) bond motifs is 1. The zero-order valence-electron chi connectivity index (χ0n) is 18.1. The van der Waals surface area contributed by atoms with Gasteiger partial charge in [0.05, 0.1) is 22.6 Å². The van der Waals surface area contributed by atoms with Crippen LogP contribution in [0.15, 0.2) is 47.3 Å². The maximum atomic E-state index is 13.6. The third-order valence-corrected chi connectivity index (χ3v) is 5.46. The molecule has 0 radical (unpaired) electrons. The summed E-state index contributed by atoms with van der Waals surface area (Å²) in [6.07, 6.45) is 0.398. The smallest absolute Gasteiger partial charge is 0.266 e. The Balaban J connectivity index is 2.31. The molecule has 0 aliphatic heterocycles. The topological polar surface area (TPSA) is 55.2 Å². The lowest BCUT2D eigenvalue weighted by atomic mass is 10.1. The van der Waals surface area contributed by atoms with Gasteiger partial charge in [-0.05, 0) is 55.7 Å². The summed E-state index contributed by atoms with van der Waals surface area (Å²) in [5, 5.41) is 1.15. The number of aryl methyl sites for hydroxylation is 1. The van der Waals surface area contributed by atoms with E-state index in [2.05, 4.69) is 13.8 Å². The maximum Gasteiger partial charge on any atom is 0.266 e. The number of aromatic nitrogens is 2. The van der Waals surface area contributed by atoms with E-state index in [0.717, 1.165) is 11.3 Å². The molecule has 1 amide bonds. The Hall–Kier alpha value is -2.66. The van der Waals surface area contributed by atoms with Crippen LogP contribution in [-0.4, -0.2) is 26.9 Å². The average molecular weight is 426 g/mol. The van der Waals surface area contributed by atoms with Crippen LogP contribution in [-0.2, 0) is 4.79 Å². The summed E-state index contributed by atoms with van der Waals surface area (Å²) < 4.78 is 1.63. The molecule has 30 heavy (non-hydrogen) atoms. The van der Waals surface area contributed by atoms with Crippen molar-refractivity contribution in [3.05, 3.63) is 69.2 Å². The second kappa shape index (κ2) is 9.00. The summed E-state index contributed by atoms with van der Waals surface area (Å²) in [5.41, 5.74) is 2.06. The molecule has 158 valence electrons. The lowest BCUT2D eigenvalue weighted by Crippen LogP contribution is -2.39. The van der Waals surface area contributed by atoms with Gasteiger partial charge in [0.1, 0.15) is 5.82 Å². The van der Waals surface area contributed by atoms with Crippen molar-refractivity contribution in [3.8, 4) is 5.69 Å². The Labute approximate surface area is 182 Å². The van der Waals surface area contributed by atoms with E-state index in [0.29, 0.717) is 40.6 Å². The van der Waals surface area contributed by atoms with E-state index < -0.39 is 0 Å². The molecule has 0 aliphatic rings. The fourth-order valence-electron chi connectivity index (χ4n) is 3.74. The third kappa shape index (κ3) is 4.26. The van der Waals surface area contributed by atoms with Crippen molar-refractivity contribution in [2.75, 3.05) is 6.54 Å². The van der Waals surface area contributed by atoms with Crippen molar-refractivity contribution in [1.82, 2.24) is 14.5 Å². The molecule has 6 heteroatoms. The van der Waals surface area contributed by atoms with E-state index in [4.69, 9.17) is 16.6 Å².